The fourth-order valence-electron chi connectivity index (χ4n) is 3.46. The Morgan fingerprint density at radius 2 is 2.04 bits per heavy atom. The van der Waals surface area contributed by atoms with Gasteiger partial charge < -0.3 is 10.1 Å². The first-order chi connectivity index (χ1) is 11.7. The van der Waals surface area contributed by atoms with Crippen LogP contribution in [0.5, 0.6) is 0 Å². The molecule has 1 aromatic rings. The molecule has 0 spiro atoms. The molecule has 1 aliphatic heterocycles. The summed E-state index contributed by atoms with van der Waals surface area (Å²) in [4.78, 5) is 23.2. The Kier molecular flexibility index (Phi) is 3.91. The zero-order valence-corrected chi connectivity index (χ0v) is 13.9. The Morgan fingerprint density at radius 1 is 1.36 bits per heavy atom. The fraction of sp³-hybridized carbons (Fsp3) is 0.389. The molecule has 3 rings (SSSR count). The maximum Gasteiger partial charge on any atom is 0.276 e. The summed E-state index contributed by atoms with van der Waals surface area (Å²) in [5.41, 5.74) is -0.173. The standard InChI is InChI=1S/C18H17N3O4/c1-18(2)7-13(22)15-14(8-18)25-17(11(9-19)16(15)20)10-5-3-4-6-12(10)21(23)24/h3-6,11,17,20H,7-8H2,1-2H3/t11?,17-/m1/s1. The molecule has 1 N–H and O–H groups in total. The number of nitro groups is 1. The molecule has 0 saturated heterocycles. The van der Waals surface area contributed by atoms with Gasteiger partial charge >= 0.3 is 0 Å². The summed E-state index contributed by atoms with van der Waals surface area (Å²) in [6.45, 7) is 3.86. The summed E-state index contributed by atoms with van der Waals surface area (Å²) in [6, 6.07) is 8.02. The molecule has 0 saturated carbocycles. The highest BCUT2D eigenvalue weighted by Gasteiger charge is 2.46. The van der Waals surface area contributed by atoms with Gasteiger partial charge in [0.2, 0.25) is 0 Å². The predicted octanol–water partition coefficient (Wildman–Crippen LogP) is 3.47. The first-order valence-electron chi connectivity index (χ1n) is 7.90. The molecule has 7 heteroatoms. The molecule has 0 fully saturated rings. The number of para-hydroxylation sites is 1. The highest BCUT2D eigenvalue weighted by atomic mass is 16.6. The van der Waals surface area contributed by atoms with Crippen LogP contribution in [0.4, 0.5) is 5.69 Å². The third-order valence-electron chi connectivity index (χ3n) is 4.57. The molecular weight excluding hydrogens is 322 g/mol. The van der Waals surface area contributed by atoms with Crippen molar-refractivity contribution < 1.29 is 14.5 Å². The number of ketones is 1. The third-order valence-corrected chi connectivity index (χ3v) is 4.57. The number of benzene rings is 1. The van der Waals surface area contributed by atoms with Crippen molar-refractivity contribution in [1.82, 2.24) is 0 Å². The average Bonchev–Trinajstić information content (AvgIpc) is 2.52. The van der Waals surface area contributed by atoms with Gasteiger partial charge in [0, 0.05) is 18.9 Å². The van der Waals surface area contributed by atoms with Crippen LogP contribution < -0.4 is 0 Å². The van der Waals surface area contributed by atoms with Crippen LogP contribution in [0.25, 0.3) is 0 Å². The molecule has 128 valence electrons. The van der Waals surface area contributed by atoms with E-state index in [4.69, 9.17) is 10.1 Å². The van der Waals surface area contributed by atoms with Crippen LogP contribution in [0.15, 0.2) is 35.6 Å². The van der Waals surface area contributed by atoms with E-state index in [2.05, 4.69) is 0 Å². The van der Waals surface area contributed by atoms with Crippen LogP contribution in [0, 0.1) is 38.2 Å². The van der Waals surface area contributed by atoms with Crippen LogP contribution in [-0.4, -0.2) is 16.4 Å². The van der Waals surface area contributed by atoms with E-state index in [1.54, 1.807) is 6.07 Å². The lowest BCUT2D eigenvalue weighted by Crippen LogP contribution is -2.38. The zero-order chi connectivity index (χ0) is 18.4. The molecule has 1 aromatic carbocycles. The van der Waals surface area contributed by atoms with Gasteiger partial charge in [-0.25, -0.2) is 0 Å². The Hall–Kier alpha value is -3.01. The van der Waals surface area contributed by atoms with Gasteiger partial charge in [-0.1, -0.05) is 26.0 Å². The highest BCUT2D eigenvalue weighted by Crippen LogP contribution is 2.46. The monoisotopic (exact) mass is 339 g/mol. The van der Waals surface area contributed by atoms with E-state index in [1.165, 1.54) is 18.2 Å². The van der Waals surface area contributed by atoms with E-state index >= 15 is 0 Å². The molecule has 0 aromatic heterocycles. The van der Waals surface area contributed by atoms with Crippen molar-refractivity contribution in [3.05, 3.63) is 51.3 Å². The van der Waals surface area contributed by atoms with Crippen molar-refractivity contribution in [2.45, 2.75) is 32.8 Å². The van der Waals surface area contributed by atoms with E-state index in [9.17, 15) is 20.2 Å². The number of rotatable bonds is 2. The van der Waals surface area contributed by atoms with Gasteiger partial charge in [-0.2, -0.15) is 5.26 Å². The minimum atomic E-state index is -1.06. The van der Waals surface area contributed by atoms with Gasteiger partial charge in [-0.3, -0.25) is 14.9 Å². The number of nitro benzene ring substituents is 1. The van der Waals surface area contributed by atoms with Crippen LogP contribution in [0.1, 0.15) is 38.4 Å². The Bertz CT molecular complexity index is 863. The number of nitriles is 1. The smallest absolute Gasteiger partial charge is 0.276 e. The van der Waals surface area contributed by atoms with Gasteiger partial charge in [0.1, 0.15) is 11.7 Å². The normalized spacial score (nSPS) is 25.0. The Labute approximate surface area is 144 Å². The number of nitrogens with one attached hydrogen (secondary N) is 1. The molecule has 2 aliphatic rings. The third kappa shape index (κ3) is 2.80. The number of ether oxygens (including phenoxy) is 1. The lowest BCUT2D eigenvalue weighted by atomic mass is 9.72. The Morgan fingerprint density at radius 3 is 2.68 bits per heavy atom. The number of carbonyl (C=O) groups excluding carboxylic acids is 1. The first-order valence-corrected chi connectivity index (χ1v) is 7.90. The minimum absolute atomic E-state index is 0.104. The van der Waals surface area contributed by atoms with E-state index in [0.717, 1.165) is 0 Å². The number of allylic oxidation sites excluding steroid dienone is 2. The lowest BCUT2D eigenvalue weighted by molar-refractivity contribution is -0.386. The van der Waals surface area contributed by atoms with Crippen LogP contribution >= 0.6 is 0 Å². The summed E-state index contributed by atoms with van der Waals surface area (Å²) < 4.78 is 5.94. The van der Waals surface area contributed by atoms with E-state index in [1.807, 2.05) is 19.9 Å². The largest absolute Gasteiger partial charge is 0.487 e. The molecule has 2 atom stereocenters. The number of carbonyl (C=O) groups is 1. The van der Waals surface area contributed by atoms with E-state index in [-0.39, 0.29) is 40.2 Å². The van der Waals surface area contributed by atoms with Gasteiger partial charge in [-0.05, 0) is 11.5 Å². The number of hydrogen-bond donors (Lipinski definition) is 1. The minimum Gasteiger partial charge on any atom is -0.487 e. The van der Waals surface area contributed by atoms with Gasteiger partial charge in [0.15, 0.2) is 11.9 Å². The van der Waals surface area contributed by atoms with Crippen molar-refractivity contribution in [3.63, 3.8) is 0 Å². The van der Waals surface area contributed by atoms with Gasteiger partial charge in [0.05, 0.1) is 27.8 Å². The molecule has 1 aliphatic carbocycles. The van der Waals surface area contributed by atoms with Crippen LogP contribution in [-0.2, 0) is 9.53 Å². The maximum absolute atomic E-state index is 12.4. The van der Waals surface area contributed by atoms with Gasteiger partial charge in [-0.15, -0.1) is 0 Å². The number of Topliss-reactive ketones (excluding diaryl/α,β-unsaturated/α-hetero) is 1. The summed E-state index contributed by atoms with van der Waals surface area (Å²) >= 11 is 0. The van der Waals surface area contributed by atoms with Crippen LogP contribution in [0.2, 0.25) is 0 Å². The van der Waals surface area contributed by atoms with Crippen LogP contribution in [0.3, 0.4) is 0 Å². The molecule has 0 radical (unpaired) electrons. The molecule has 1 heterocycles. The van der Waals surface area contributed by atoms with Crippen molar-refractivity contribution in [2.24, 2.45) is 11.3 Å². The highest BCUT2D eigenvalue weighted by molar-refractivity contribution is 6.24. The summed E-state index contributed by atoms with van der Waals surface area (Å²) in [5.74, 6) is -0.913. The number of hydrogen-bond acceptors (Lipinski definition) is 6. The second-order valence-corrected chi connectivity index (χ2v) is 7.11. The average molecular weight is 339 g/mol. The molecule has 0 bridgehead atoms. The zero-order valence-electron chi connectivity index (χ0n) is 13.9. The van der Waals surface area contributed by atoms with Crippen molar-refractivity contribution >= 4 is 17.2 Å². The lowest BCUT2D eigenvalue weighted by Gasteiger charge is -2.38. The molecule has 1 unspecified atom stereocenters. The van der Waals surface area contributed by atoms with Crippen molar-refractivity contribution in [3.8, 4) is 6.07 Å². The summed E-state index contributed by atoms with van der Waals surface area (Å²) in [7, 11) is 0. The SMILES string of the molecule is CC1(C)CC(=O)C2=C(C1)O[C@H](c1ccccc1[N+](=O)[O-])C(C#N)C2=N. The Balaban J connectivity index is 2.12. The van der Waals surface area contributed by atoms with E-state index < -0.39 is 16.9 Å². The fourth-order valence-corrected chi connectivity index (χ4v) is 3.46. The molecule has 0 amide bonds. The quantitative estimate of drug-likeness (QED) is 0.654. The second kappa shape index (κ2) is 5.81. The van der Waals surface area contributed by atoms with Crippen molar-refractivity contribution in [2.75, 3.05) is 0 Å². The van der Waals surface area contributed by atoms with Gasteiger partial charge in [0.25, 0.3) is 5.69 Å². The summed E-state index contributed by atoms with van der Waals surface area (Å²) in [5, 5.41) is 29.2. The second-order valence-electron chi connectivity index (χ2n) is 7.11. The number of nitrogens with zero attached hydrogens (tertiary/aromatic N) is 2. The predicted molar refractivity (Wildman–Crippen MR) is 88.8 cm³/mol. The molecule has 25 heavy (non-hydrogen) atoms. The topological polar surface area (TPSA) is 117 Å². The van der Waals surface area contributed by atoms with Crippen molar-refractivity contribution in [1.29, 1.82) is 10.7 Å². The maximum atomic E-state index is 12.4. The first kappa shape index (κ1) is 16.8. The summed E-state index contributed by atoms with van der Waals surface area (Å²) in [6.07, 6.45) is -0.239. The molecule has 7 nitrogen and oxygen atoms in total. The molecular formula is C18H17N3O4. The van der Waals surface area contributed by atoms with E-state index in [0.29, 0.717) is 12.2 Å².